The molecule has 0 aromatic heterocycles. The number of hydrogen-bond acceptors (Lipinski definition) is 0. The van der Waals surface area contributed by atoms with Gasteiger partial charge in [-0.05, 0) is 18.1 Å². The van der Waals surface area contributed by atoms with Gasteiger partial charge in [0.2, 0.25) is 0 Å². The molecule has 0 aliphatic carbocycles. The highest BCUT2D eigenvalue weighted by molar-refractivity contribution is 9.11. The van der Waals surface area contributed by atoms with Crippen molar-refractivity contribution in [2.75, 3.05) is 0 Å². The number of benzene rings is 2. The molecule has 0 bridgehead atoms. The minimum absolute atomic E-state index is 0.683. The molecule has 0 saturated heterocycles. The lowest BCUT2D eigenvalue weighted by Crippen LogP contribution is -1.77. The van der Waals surface area contributed by atoms with Gasteiger partial charge in [-0.3, -0.25) is 0 Å². The molecular weight excluding hydrogens is 460 g/mol. The molecule has 0 heterocycles. The van der Waals surface area contributed by atoms with E-state index in [0.717, 1.165) is 25.4 Å². The van der Waals surface area contributed by atoms with Crippen LogP contribution in [0.2, 0.25) is 0 Å². The van der Waals surface area contributed by atoms with E-state index in [4.69, 9.17) is 13.1 Å². The molecule has 0 unspecified atom stereocenters. The van der Waals surface area contributed by atoms with Gasteiger partial charge in [-0.15, -0.1) is 0 Å². The van der Waals surface area contributed by atoms with Crippen LogP contribution in [-0.4, -0.2) is 0 Å². The molecule has 2 aromatic rings. The Morgan fingerprint density at radius 1 is 0.905 bits per heavy atom. The number of aryl methyl sites for hydroxylation is 1. The van der Waals surface area contributed by atoms with Crippen molar-refractivity contribution in [3.63, 3.8) is 0 Å². The quantitative estimate of drug-likeness (QED) is 0.307. The second kappa shape index (κ2) is 9.00. The van der Waals surface area contributed by atoms with Gasteiger partial charge in [-0.2, -0.15) is 0 Å². The number of rotatable bonds is 1. The third-order valence-corrected chi connectivity index (χ3v) is 4.84. The highest BCUT2D eigenvalue weighted by Crippen LogP contribution is 2.24. The van der Waals surface area contributed by atoms with Gasteiger partial charge in [0.1, 0.15) is 0 Å². The van der Waals surface area contributed by atoms with Gasteiger partial charge >= 0.3 is 0 Å². The zero-order valence-electron chi connectivity index (χ0n) is 11.2. The lowest BCUT2D eigenvalue weighted by molar-refractivity contribution is 1.41. The summed E-state index contributed by atoms with van der Waals surface area (Å²) in [4.78, 5) is 6.63. The first-order valence-corrected chi connectivity index (χ1v) is 8.58. The Bertz CT molecular complexity index is 712. The van der Waals surface area contributed by atoms with Gasteiger partial charge in [0.05, 0.1) is 13.1 Å². The summed E-state index contributed by atoms with van der Waals surface area (Å²) in [6, 6.07) is 11.1. The molecule has 0 atom stereocenters. The van der Waals surface area contributed by atoms with Crippen LogP contribution in [-0.2, 0) is 5.33 Å². The van der Waals surface area contributed by atoms with E-state index in [1.165, 1.54) is 0 Å². The van der Waals surface area contributed by atoms with Crippen molar-refractivity contribution in [1.29, 1.82) is 0 Å². The maximum absolute atomic E-state index is 6.78. The Balaban J connectivity index is 0.000000211. The van der Waals surface area contributed by atoms with Crippen LogP contribution in [0.5, 0.6) is 0 Å². The third-order valence-electron chi connectivity index (χ3n) is 2.57. The van der Waals surface area contributed by atoms with Gasteiger partial charge < -0.3 is 0 Å². The van der Waals surface area contributed by atoms with Crippen LogP contribution in [0.3, 0.4) is 0 Å². The molecule has 5 heteroatoms. The zero-order valence-corrected chi connectivity index (χ0v) is 16.0. The summed E-state index contributed by atoms with van der Waals surface area (Å²) >= 11 is 10.1. The van der Waals surface area contributed by atoms with Crippen molar-refractivity contribution < 1.29 is 0 Å². The molecule has 0 saturated carbocycles. The van der Waals surface area contributed by atoms with Crippen LogP contribution < -0.4 is 0 Å². The molecule has 0 fully saturated rings. The summed E-state index contributed by atoms with van der Waals surface area (Å²) in [6.07, 6.45) is 0. The van der Waals surface area contributed by atoms with E-state index in [1.54, 1.807) is 12.1 Å². The lowest BCUT2D eigenvalue weighted by atomic mass is 10.2. The van der Waals surface area contributed by atoms with E-state index in [-0.39, 0.29) is 0 Å². The Morgan fingerprint density at radius 2 is 1.43 bits per heavy atom. The Labute approximate surface area is 150 Å². The van der Waals surface area contributed by atoms with E-state index in [2.05, 4.69) is 57.5 Å². The molecular formula is C16H11Br3N2. The summed E-state index contributed by atoms with van der Waals surface area (Å²) in [6.45, 7) is 15.5. The van der Waals surface area contributed by atoms with E-state index < -0.39 is 0 Å². The largest absolute Gasteiger partial charge is 0.238 e. The van der Waals surface area contributed by atoms with Gasteiger partial charge in [-0.25, -0.2) is 9.69 Å². The summed E-state index contributed by atoms with van der Waals surface area (Å²) in [5, 5.41) is 0.775. The monoisotopic (exact) mass is 468 g/mol. The smallest absolute Gasteiger partial charge is 0.187 e. The van der Waals surface area contributed by atoms with E-state index in [1.807, 2.05) is 31.2 Å². The maximum atomic E-state index is 6.78. The van der Waals surface area contributed by atoms with Gasteiger partial charge in [0, 0.05) is 14.3 Å². The zero-order chi connectivity index (χ0) is 15.8. The Hall–Kier alpha value is -1.14. The van der Waals surface area contributed by atoms with E-state index in [9.17, 15) is 0 Å². The molecule has 2 nitrogen and oxygen atoms in total. The van der Waals surface area contributed by atoms with Crippen LogP contribution >= 0.6 is 47.8 Å². The standard InChI is InChI=1S/C8H5Br2N.C8H6BrN/c1-11-7-2-3-8(10)6(4-7)5-9;1-6-5-7(10-2)3-4-8(6)9/h2-4H,5H2;3-5H,1H3. The minimum atomic E-state index is 0.683. The van der Waals surface area contributed by atoms with Crippen LogP contribution in [0.25, 0.3) is 9.69 Å². The molecule has 2 aromatic carbocycles. The average Bonchev–Trinajstić information content (AvgIpc) is 2.51. The number of halogens is 3. The summed E-state index contributed by atoms with van der Waals surface area (Å²) in [5.74, 6) is 0. The number of nitrogens with zero attached hydrogens (tertiary/aromatic N) is 2. The molecule has 2 rings (SSSR count). The number of alkyl halides is 1. The predicted octanol–water partition coefficient (Wildman–Crippen LogP) is 7.20. The highest BCUT2D eigenvalue weighted by Gasteiger charge is 1.98. The molecule has 0 aliphatic rings. The van der Waals surface area contributed by atoms with Crippen molar-refractivity contribution >= 4 is 59.2 Å². The van der Waals surface area contributed by atoms with Crippen molar-refractivity contribution in [1.82, 2.24) is 0 Å². The fraction of sp³-hybridized carbons (Fsp3) is 0.125. The van der Waals surface area contributed by atoms with Crippen LogP contribution in [0.1, 0.15) is 11.1 Å². The lowest BCUT2D eigenvalue weighted by Gasteiger charge is -1.98. The fourth-order valence-corrected chi connectivity index (χ4v) is 2.91. The molecule has 0 N–H and O–H groups in total. The summed E-state index contributed by atoms with van der Waals surface area (Å²) in [7, 11) is 0. The van der Waals surface area contributed by atoms with E-state index in [0.29, 0.717) is 11.4 Å². The van der Waals surface area contributed by atoms with Gasteiger partial charge in [0.15, 0.2) is 11.4 Å². The predicted molar refractivity (Wildman–Crippen MR) is 98.2 cm³/mol. The maximum Gasteiger partial charge on any atom is 0.187 e. The summed E-state index contributed by atoms with van der Waals surface area (Å²) in [5.41, 5.74) is 3.59. The van der Waals surface area contributed by atoms with Crippen molar-refractivity contribution in [2.45, 2.75) is 12.3 Å². The molecule has 0 spiro atoms. The van der Waals surface area contributed by atoms with Crippen molar-refractivity contribution in [3.05, 3.63) is 79.3 Å². The highest BCUT2D eigenvalue weighted by atomic mass is 79.9. The third kappa shape index (κ3) is 5.63. The normalized spacial score (nSPS) is 9.05. The minimum Gasteiger partial charge on any atom is -0.238 e. The summed E-state index contributed by atoms with van der Waals surface area (Å²) < 4.78 is 2.10. The molecule has 0 aliphatic heterocycles. The second-order valence-corrected chi connectivity index (χ2v) is 6.34. The topological polar surface area (TPSA) is 8.72 Å². The SMILES string of the molecule is [C-]#[N+]c1ccc(Br)c(C)c1.[C-]#[N+]c1ccc(Br)c(CBr)c1. The first kappa shape index (κ1) is 17.9. The molecule has 0 amide bonds. The van der Waals surface area contributed by atoms with Crippen LogP contribution in [0.4, 0.5) is 11.4 Å². The van der Waals surface area contributed by atoms with Crippen LogP contribution in [0, 0.1) is 20.1 Å². The molecule has 21 heavy (non-hydrogen) atoms. The van der Waals surface area contributed by atoms with Gasteiger partial charge in [-0.1, -0.05) is 84.2 Å². The average molecular weight is 471 g/mol. The van der Waals surface area contributed by atoms with Crippen LogP contribution in [0.15, 0.2) is 45.3 Å². The Kier molecular flexibility index (Phi) is 7.67. The molecule has 106 valence electrons. The first-order valence-electron chi connectivity index (χ1n) is 5.87. The Morgan fingerprint density at radius 3 is 1.90 bits per heavy atom. The fourth-order valence-electron chi connectivity index (χ4n) is 1.43. The van der Waals surface area contributed by atoms with Crippen molar-refractivity contribution in [3.8, 4) is 0 Å². The van der Waals surface area contributed by atoms with Gasteiger partial charge in [0.25, 0.3) is 0 Å². The van der Waals surface area contributed by atoms with Crippen molar-refractivity contribution in [2.24, 2.45) is 0 Å². The number of hydrogen-bond donors (Lipinski definition) is 0. The second-order valence-electron chi connectivity index (χ2n) is 4.07. The van der Waals surface area contributed by atoms with E-state index >= 15 is 0 Å². The molecule has 0 radical (unpaired) electrons. The first-order chi connectivity index (χ1) is 10.0.